The molecule has 0 bridgehead atoms. The first-order valence-electron chi connectivity index (χ1n) is 10.1. The lowest BCUT2D eigenvalue weighted by Crippen LogP contribution is -2.53. The minimum Gasteiger partial charge on any atom is -0.372 e. The highest BCUT2D eigenvalue weighted by Crippen LogP contribution is 2.40. The van der Waals surface area contributed by atoms with Crippen LogP contribution in [0, 0.1) is 5.41 Å². The van der Waals surface area contributed by atoms with Gasteiger partial charge >= 0.3 is 0 Å². The Bertz CT molecular complexity index is 627. The van der Waals surface area contributed by atoms with Crippen molar-refractivity contribution < 1.29 is 14.3 Å². The predicted octanol–water partition coefficient (Wildman–Crippen LogP) is 2.28. The Morgan fingerprint density at radius 1 is 1.22 bits per heavy atom. The van der Waals surface area contributed by atoms with Gasteiger partial charge in [-0.3, -0.25) is 14.6 Å². The highest BCUT2D eigenvalue weighted by atomic mass is 16.5. The topological polar surface area (TPSA) is 62.7 Å². The molecule has 6 heteroatoms. The van der Waals surface area contributed by atoms with E-state index in [2.05, 4.69) is 4.98 Å². The smallest absolute Gasteiger partial charge is 0.248 e. The first-order chi connectivity index (χ1) is 13.1. The third kappa shape index (κ3) is 5.28. The number of likely N-dealkylation sites (tertiary alicyclic amines) is 2. The van der Waals surface area contributed by atoms with Gasteiger partial charge in [0.05, 0.1) is 0 Å². The Morgan fingerprint density at radius 3 is 2.67 bits per heavy atom. The van der Waals surface area contributed by atoms with Gasteiger partial charge in [-0.2, -0.15) is 0 Å². The highest BCUT2D eigenvalue weighted by molar-refractivity contribution is 5.78. The molecule has 2 fully saturated rings. The molecular formula is C21H31N3O3. The largest absolute Gasteiger partial charge is 0.372 e. The summed E-state index contributed by atoms with van der Waals surface area (Å²) in [5.41, 5.74) is 1.39. The number of hydrogen-bond donors (Lipinski definition) is 0. The summed E-state index contributed by atoms with van der Waals surface area (Å²) in [4.78, 5) is 32.7. The van der Waals surface area contributed by atoms with E-state index in [9.17, 15) is 9.59 Å². The van der Waals surface area contributed by atoms with Gasteiger partial charge in [-0.05, 0) is 55.2 Å². The lowest BCUT2D eigenvalue weighted by Gasteiger charge is -2.47. The SMILES string of the molecule is CCCOCC(=O)N1CCC2(CCC(=O)N(CCc3ccncc3)C2)CC1. The third-order valence-corrected chi connectivity index (χ3v) is 5.92. The number of aromatic nitrogens is 1. The molecule has 27 heavy (non-hydrogen) atoms. The summed E-state index contributed by atoms with van der Waals surface area (Å²) in [5, 5.41) is 0. The van der Waals surface area contributed by atoms with Gasteiger partial charge in [0.25, 0.3) is 0 Å². The second-order valence-corrected chi connectivity index (χ2v) is 7.85. The Balaban J connectivity index is 1.50. The molecule has 0 saturated carbocycles. The molecule has 2 amide bonds. The van der Waals surface area contributed by atoms with Crippen LogP contribution in [0.4, 0.5) is 0 Å². The molecule has 1 spiro atoms. The van der Waals surface area contributed by atoms with Crippen LogP contribution in [-0.2, 0) is 20.7 Å². The van der Waals surface area contributed by atoms with Gasteiger partial charge in [0.1, 0.15) is 6.61 Å². The van der Waals surface area contributed by atoms with E-state index in [4.69, 9.17) is 4.74 Å². The first-order valence-corrected chi connectivity index (χ1v) is 10.1. The van der Waals surface area contributed by atoms with Gasteiger partial charge in [0.2, 0.25) is 11.8 Å². The molecular weight excluding hydrogens is 342 g/mol. The summed E-state index contributed by atoms with van der Waals surface area (Å²) in [6, 6.07) is 4.02. The van der Waals surface area contributed by atoms with Gasteiger partial charge in [0, 0.05) is 51.6 Å². The number of amides is 2. The molecule has 6 nitrogen and oxygen atoms in total. The van der Waals surface area contributed by atoms with Crippen LogP contribution in [0.15, 0.2) is 24.5 Å². The van der Waals surface area contributed by atoms with Crippen molar-refractivity contribution in [1.82, 2.24) is 14.8 Å². The molecule has 0 aliphatic carbocycles. The minimum absolute atomic E-state index is 0.0970. The van der Waals surface area contributed by atoms with Gasteiger partial charge in [-0.15, -0.1) is 0 Å². The quantitative estimate of drug-likeness (QED) is 0.688. The van der Waals surface area contributed by atoms with Crippen LogP contribution in [0.1, 0.15) is 44.6 Å². The Hall–Kier alpha value is -1.95. The van der Waals surface area contributed by atoms with Gasteiger partial charge < -0.3 is 14.5 Å². The molecule has 2 aliphatic heterocycles. The zero-order valence-corrected chi connectivity index (χ0v) is 16.4. The zero-order valence-electron chi connectivity index (χ0n) is 16.4. The molecule has 148 valence electrons. The summed E-state index contributed by atoms with van der Waals surface area (Å²) >= 11 is 0. The monoisotopic (exact) mass is 373 g/mol. The molecule has 3 rings (SSSR count). The average molecular weight is 373 g/mol. The van der Waals surface area contributed by atoms with E-state index >= 15 is 0 Å². The summed E-state index contributed by atoms with van der Waals surface area (Å²) in [6.07, 6.45) is 8.92. The summed E-state index contributed by atoms with van der Waals surface area (Å²) in [7, 11) is 0. The lowest BCUT2D eigenvalue weighted by molar-refractivity contribution is -0.144. The van der Waals surface area contributed by atoms with Crippen LogP contribution in [0.25, 0.3) is 0 Å². The van der Waals surface area contributed by atoms with E-state index < -0.39 is 0 Å². The Labute approximate surface area is 161 Å². The van der Waals surface area contributed by atoms with E-state index in [0.29, 0.717) is 13.0 Å². The Morgan fingerprint density at radius 2 is 1.96 bits per heavy atom. The number of piperidine rings is 2. The second-order valence-electron chi connectivity index (χ2n) is 7.85. The maximum absolute atomic E-state index is 12.4. The number of carbonyl (C=O) groups is 2. The van der Waals surface area contributed by atoms with Crippen molar-refractivity contribution in [3.8, 4) is 0 Å². The first kappa shape index (κ1) is 19.8. The van der Waals surface area contributed by atoms with E-state index in [0.717, 1.165) is 58.3 Å². The average Bonchev–Trinajstić information content (AvgIpc) is 2.70. The number of ether oxygens (including phenoxy) is 1. The number of carbonyl (C=O) groups excluding carboxylic acids is 2. The Kier molecular flexibility index (Phi) is 6.83. The van der Waals surface area contributed by atoms with Crippen molar-refractivity contribution in [1.29, 1.82) is 0 Å². The number of hydrogen-bond acceptors (Lipinski definition) is 4. The fraction of sp³-hybridized carbons (Fsp3) is 0.667. The van der Waals surface area contributed by atoms with Crippen LogP contribution in [-0.4, -0.2) is 66.0 Å². The molecule has 1 aromatic heterocycles. The standard InChI is InChI=1S/C21H31N3O3/c1-2-15-27-16-20(26)23-13-8-21(9-14-23)7-3-19(25)24(17-21)12-6-18-4-10-22-11-5-18/h4-5,10-11H,2-3,6-9,12-17H2,1H3. The van der Waals surface area contributed by atoms with Crippen molar-refractivity contribution in [3.05, 3.63) is 30.1 Å². The van der Waals surface area contributed by atoms with Gasteiger partial charge in [0.15, 0.2) is 0 Å². The molecule has 1 aromatic rings. The van der Waals surface area contributed by atoms with E-state index in [1.165, 1.54) is 5.56 Å². The number of nitrogens with zero attached hydrogens (tertiary/aromatic N) is 3. The normalized spacial score (nSPS) is 19.5. The summed E-state index contributed by atoms with van der Waals surface area (Å²) < 4.78 is 5.39. The zero-order chi connectivity index (χ0) is 19.1. The fourth-order valence-corrected chi connectivity index (χ4v) is 4.15. The minimum atomic E-state index is 0.0970. The van der Waals surface area contributed by atoms with Crippen LogP contribution in [0.5, 0.6) is 0 Å². The fourth-order valence-electron chi connectivity index (χ4n) is 4.15. The van der Waals surface area contributed by atoms with Crippen LogP contribution < -0.4 is 0 Å². The van der Waals surface area contributed by atoms with E-state index in [-0.39, 0.29) is 23.8 Å². The van der Waals surface area contributed by atoms with Crippen LogP contribution in [0.2, 0.25) is 0 Å². The van der Waals surface area contributed by atoms with Crippen LogP contribution >= 0.6 is 0 Å². The molecule has 0 N–H and O–H groups in total. The molecule has 0 atom stereocenters. The highest BCUT2D eigenvalue weighted by Gasteiger charge is 2.41. The number of pyridine rings is 1. The lowest BCUT2D eigenvalue weighted by atomic mass is 9.72. The molecule has 0 unspecified atom stereocenters. The molecule has 2 saturated heterocycles. The van der Waals surface area contributed by atoms with Gasteiger partial charge in [-0.25, -0.2) is 0 Å². The summed E-state index contributed by atoms with van der Waals surface area (Å²) in [5.74, 6) is 0.362. The van der Waals surface area contributed by atoms with Crippen molar-refractivity contribution in [2.24, 2.45) is 5.41 Å². The van der Waals surface area contributed by atoms with Gasteiger partial charge in [-0.1, -0.05) is 6.92 Å². The van der Waals surface area contributed by atoms with Crippen molar-refractivity contribution >= 4 is 11.8 Å². The van der Waals surface area contributed by atoms with E-state index in [1.807, 2.05) is 28.9 Å². The van der Waals surface area contributed by atoms with Crippen molar-refractivity contribution in [2.75, 3.05) is 39.4 Å². The molecule has 0 radical (unpaired) electrons. The van der Waals surface area contributed by atoms with Crippen molar-refractivity contribution in [3.63, 3.8) is 0 Å². The van der Waals surface area contributed by atoms with Crippen molar-refractivity contribution in [2.45, 2.75) is 45.4 Å². The predicted molar refractivity (Wildman–Crippen MR) is 103 cm³/mol. The number of rotatable bonds is 7. The molecule has 0 aromatic carbocycles. The van der Waals surface area contributed by atoms with Crippen LogP contribution in [0.3, 0.4) is 0 Å². The summed E-state index contributed by atoms with van der Waals surface area (Å²) in [6.45, 7) is 6.01. The second kappa shape index (κ2) is 9.31. The third-order valence-electron chi connectivity index (χ3n) is 5.92. The van der Waals surface area contributed by atoms with E-state index in [1.54, 1.807) is 12.4 Å². The molecule has 2 aliphatic rings. The maximum atomic E-state index is 12.4. The maximum Gasteiger partial charge on any atom is 0.248 e. The molecule has 3 heterocycles.